The Hall–Kier alpha value is -16.7. The molecule has 9 heteroatoms. The summed E-state index contributed by atoms with van der Waals surface area (Å²) in [6.07, 6.45) is 0. The number of rotatable bonds is 11. The Bertz CT molecular complexity index is 9490. The number of anilines is 6. The first-order valence-corrected chi connectivity index (χ1v) is 44.5. The van der Waals surface area contributed by atoms with Crippen LogP contribution in [0.3, 0.4) is 0 Å². The lowest BCUT2D eigenvalue weighted by Crippen LogP contribution is -2.61. The average Bonchev–Trinajstić information content (AvgIpc) is 1.11. The Balaban J connectivity index is 0.929. The highest BCUT2D eigenvalue weighted by atomic mass is 16.3. The molecule has 132 heavy (non-hydrogen) atoms. The van der Waals surface area contributed by atoms with Crippen LogP contribution in [0.4, 0.5) is 34.1 Å². The van der Waals surface area contributed by atoms with Gasteiger partial charge in [-0.15, -0.1) is 0 Å². The van der Waals surface area contributed by atoms with E-state index in [1.165, 1.54) is 0 Å². The van der Waals surface area contributed by atoms with E-state index in [0.29, 0.717) is 101 Å². The summed E-state index contributed by atoms with van der Waals surface area (Å²) in [7, 11) is 0. The summed E-state index contributed by atoms with van der Waals surface area (Å²) in [5.41, 5.74) is 22.4. The van der Waals surface area contributed by atoms with Crippen molar-refractivity contribution in [1.29, 1.82) is 5.26 Å². The van der Waals surface area contributed by atoms with E-state index in [4.69, 9.17) is 19.0 Å². The molecule has 0 unspecified atom stereocenters. The third-order valence-electron chi connectivity index (χ3n) is 27.0. The third kappa shape index (κ3) is 11.9. The van der Waals surface area contributed by atoms with Crippen LogP contribution in [0.15, 0.2) is 412 Å². The molecule has 0 fully saturated rings. The second-order valence-electron chi connectivity index (χ2n) is 36.7. The molecule has 0 saturated heterocycles. The molecule has 0 N–H and O–H groups in total. The van der Waals surface area contributed by atoms with Gasteiger partial charge in [0.2, 0.25) is 0 Å². The zero-order valence-electron chi connectivity index (χ0n) is 84.6. The highest BCUT2D eigenvalue weighted by Crippen LogP contribution is 2.59. The lowest BCUT2D eigenvalue weighted by Gasteiger charge is -2.46. The molecular weight excluding hydrogens is 1610 g/mol. The monoisotopic (exact) mass is 1700 g/mol. The number of nitrogens with zero attached hydrogens (tertiary/aromatic N) is 4. The molecule has 0 amide bonds. The molecule has 7 heterocycles. The van der Waals surface area contributed by atoms with Gasteiger partial charge in [0, 0.05) is 98.9 Å². The molecule has 8 nitrogen and oxygen atoms in total. The maximum absolute atomic E-state index is 11.3. The zero-order valence-corrected chi connectivity index (χ0v) is 72.6. The van der Waals surface area contributed by atoms with E-state index in [0.717, 1.165) is 126 Å². The van der Waals surface area contributed by atoms with Gasteiger partial charge in [-0.3, -0.25) is 0 Å². The fraction of sp³-hybridized carbons (Fsp3) is 0.0650. The van der Waals surface area contributed by atoms with Crippen molar-refractivity contribution in [2.75, 3.05) is 9.80 Å². The number of nitriles is 1. The van der Waals surface area contributed by atoms with Crippen LogP contribution in [0.25, 0.3) is 204 Å². The number of hydrogen-bond acceptors (Lipinski definition) is 7. The maximum atomic E-state index is 11.3. The van der Waals surface area contributed by atoms with E-state index in [-0.39, 0.29) is 38.6 Å². The van der Waals surface area contributed by atoms with Crippen molar-refractivity contribution in [2.45, 2.75) is 52.4 Å². The van der Waals surface area contributed by atoms with Crippen LogP contribution in [0.1, 0.15) is 74.7 Å². The Morgan fingerprint density at radius 1 is 0.288 bits per heavy atom. The molecule has 19 aromatic carbocycles. The molecule has 2 aliphatic rings. The minimum Gasteiger partial charge on any atom is -0.456 e. The van der Waals surface area contributed by atoms with E-state index in [9.17, 15) is 20.3 Å². The van der Waals surface area contributed by atoms with Gasteiger partial charge in [-0.2, -0.15) is 5.26 Å². The maximum Gasteiger partial charge on any atom is 0.252 e. The molecule has 0 aliphatic carbocycles. The minimum atomic E-state index is -0.937. The van der Waals surface area contributed by atoms with Gasteiger partial charge in [0.15, 0.2) is 0 Å². The van der Waals surface area contributed by atoms with E-state index >= 15 is 0 Å². The van der Waals surface area contributed by atoms with Crippen molar-refractivity contribution >= 4 is 167 Å². The molecule has 0 bridgehead atoms. The minimum absolute atomic E-state index is 0.0714. The number of furan rings is 4. The Morgan fingerprint density at radius 2 is 0.682 bits per heavy atom. The van der Waals surface area contributed by atoms with E-state index in [1.54, 1.807) is 4.57 Å². The first kappa shape index (κ1) is 65.0. The van der Waals surface area contributed by atoms with Gasteiger partial charge < -0.3 is 32.0 Å². The molecule has 26 rings (SSSR count). The predicted molar refractivity (Wildman–Crippen MR) is 550 cm³/mol. The summed E-state index contributed by atoms with van der Waals surface area (Å²) in [6, 6.07) is 105. The van der Waals surface area contributed by atoms with Gasteiger partial charge in [-0.25, -0.2) is 0 Å². The fourth-order valence-electron chi connectivity index (χ4n) is 21.0. The second-order valence-corrected chi connectivity index (χ2v) is 36.7. The van der Waals surface area contributed by atoms with Crippen LogP contribution >= 0.6 is 0 Å². The summed E-state index contributed by atoms with van der Waals surface area (Å²) >= 11 is 0. The fourth-order valence-corrected chi connectivity index (χ4v) is 21.0. The number of hydrogen-bond donors (Lipinski definition) is 0. The lowest BCUT2D eigenvalue weighted by atomic mass is 9.33. The smallest absolute Gasteiger partial charge is 0.252 e. The van der Waals surface area contributed by atoms with Crippen molar-refractivity contribution in [3.05, 3.63) is 411 Å². The van der Waals surface area contributed by atoms with Crippen LogP contribution in [0, 0.1) is 11.3 Å². The van der Waals surface area contributed by atoms with Crippen LogP contribution < -0.4 is 26.2 Å². The first-order valence-electron chi connectivity index (χ1n) is 50.5. The zero-order chi connectivity index (χ0) is 98.5. The number of benzene rings is 19. The van der Waals surface area contributed by atoms with Crippen molar-refractivity contribution in [3.63, 3.8) is 0 Å². The summed E-state index contributed by atoms with van der Waals surface area (Å²) in [5, 5.41) is 17.5. The van der Waals surface area contributed by atoms with Gasteiger partial charge >= 0.3 is 0 Å². The molecular formula is C123H83BN4O4. The number of para-hydroxylation sites is 5. The summed E-state index contributed by atoms with van der Waals surface area (Å²) in [5.74, 6) is 0. The van der Waals surface area contributed by atoms with Gasteiger partial charge in [0.1, 0.15) is 44.7 Å². The van der Waals surface area contributed by atoms with E-state index in [1.807, 2.05) is 182 Å². The van der Waals surface area contributed by atoms with Crippen LogP contribution in [-0.4, -0.2) is 11.3 Å². The lowest BCUT2D eigenvalue weighted by molar-refractivity contribution is 0.590. The van der Waals surface area contributed by atoms with Crippen LogP contribution in [-0.2, 0) is 10.8 Å². The SMILES string of the molecule is [2H]c1c([2H])c([2H])c(-c2ccc3c(c2)N(c2c(-c4cccc5oc6ccccc6c45)cc(C(C)(C)C)cc2-c2cccc4oc5ccccc5c24)c2cc(-n4c5c([2H])c([2H])c([2H])c([2H])c5c5c([2H])c(C#N)c([2H])c([2H])c54)cc4c2B3c2cc(-c3cc(-c5ccccc5)cc(-c5ccccc5)c3)ccc2N4c2c(-c3cccc4oc5ccccc5c34)cc(C(C)(C)C)cc2-c2cccc3oc4ccccc4c23)c([2H])c1[2H]. The van der Waals surface area contributed by atoms with Gasteiger partial charge in [0.25, 0.3) is 6.71 Å². The number of fused-ring (bicyclic) bond motifs is 19. The van der Waals surface area contributed by atoms with Gasteiger partial charge in [-0.05, 0) is 245 Å². The topological polar surface area (TPSA) is 87.8 Å². The second kappa shape index (κ2) is 29.2. The van der Waals surface area contributed by atoms with Crippen molar-refractivity contribution in [3.8, 4) is 101 Å². The van der Waals surface area contributed by atoms with Gasteiger partial charge in [-0.1, -0.05) is 296 Å². The van der Waals surface area contributed by atoms with Gasteiger partial charge in [0.05, 0.1) is 56.2 Å². The molecule has 2 aliphatic heterocycles. The molecule has 24 aromatic rings. The van der Waals surface area contributed by atoms with E-state index in [2.05, 4.69) is 197 Å². The largest absolute Gasteiger partial charge is 0.456 e. The Morgan fingerprint density at radius 3 is 1.14 bits per heavy atom. The van der Waals surface area contributed by atoms with Crippen LogP contribution in [0.2, 0.25) is 0 Å². The summed E-state index contributed by atoms with van der Waals surface area (Å²) < 4.78 is 150. The van der Waals surface area contributed by atoms with Crippen molar-refractivity contribution in [2.24, 2.45) is 0 Å². The Kier molecular flexibility index (Phi) is 14.4. The standard InChI is InChI=1S/C123H83BN4O4/c1-122(2,3)82-66-95(86-41-26-50-111-115(86)90-37-17-22-46-107(90)129-111)120(96(67-82)87-42-27-51-112-116(87)91-38-18-23-47-108(91)130-112)127-103-59-56-77(81-62-79(75-32-12-8-13-33-75)61-80(63-81)76-34-14-9-15-35-76)64-100(103)124-99-57-55-78(74-30-10-7-11-31-74)65-104(99)128(106-71-84(70-105(127)119(106)124)126-101-45-21-16-36-85(101)94-60-73(72-125)54-58-102(94)126)121-97(88-43-28-52-113-117(88)92-39-19-24-48-109(92)131-113)68-83(123(4,5)6)69-98(121)89-44-29-53-114-118(89)93-40-20-25-49-110(93)132-114/h7-71H,1-6H3/i7D,10D,11D,16D,21D,30D,31D,36D,45D,54D,58D,60D. The quantitative estimate of drug-likeness (QED) is 0.119. The normalized spacial score (nSPS) is 14.0. The highest BCUT2D eigenvalue weighted by Gasteiger charge is 2.47. The van der Waals surface area contributed by atoms with Crippen LogP contribution in [0.5, 0.6) is 0 Å². The third-order valence-corrected chi connectivity index (χ3v) is 27.0. The molecule has 0 radical (unpaired) electrons. The summed E-state index contributed by atoms with van der Waals surface area (Å²) in [6.45, 7) is 12.3. The van der Waals surface area contributed by atoms with E-state index < -0.39 is 95.6 Å². The molecule has 0 saturated carbocycles. The molecule has 622 valence electrons. The van der Waals surface area contributed by atoms with Crippen molar-refractivity contribution in [1.82, 2.24) is 4.57 Å². The average molecular weight is 1700 g/mol. The molecule has 0 atom stereocenters. The molecule has 0 spiro atoms. The Labute approximate surface area is 779 Å². The van der Waals surface area contributed by atoms with Crippen molar-refractivity contribution < 1.29 is 34.1 Å². The predicted octanol–water partition coefficient (Wildman–Crippen LogP) is 32.3. The molecule has 5 aromatic heterocycles. The summed E-state index contributed by atoms with van der Waals surface area (Å²) in [4.78, 5) is 4.61. The number of aromatic nitrogens is 1. The first-order chi connectivity index (χ1) is 69.7. The highest BCUT2D eigenvalue weighted by molar-refractivity contribution is 7.00.